The Morgan fingerprint density at radius 3 is 2.81 bits per heavy atom. The van der Waals surface area contributed by atoms with Crippen LogP contribution in [0.1, 0.15) is 26.7 Å². The first-order valence-corrected chi connectivity index (χ1v) is 10.7. The lowest BCUT2D eigenvalue weighted by atomic mass is 10.3. The van der Waals surface area contributed by atoms with Crippen molar-refractivity contribution in [3.8, 4) is 0 Å². The highest BCUT2D eigenvalue weighted by molar-refractivity contribution is 8.00. The molecule has 0 fully saturated rings. The molecule has 1 aromatic heterocycles. The number of benzene rings is 1. The Morgan fingerprint density at radius 2 is 2.11 bits per heavy atom. The van der Waals surface area contributed by atoms with Crippen molar-refractivity contribution in [2.75, 3.05) is 6.61 Å². The molecular weight excluding hydrogens is 413 g/mol. The first-order valence-electron chi connectivity index (χ1n) is 8.58. The maximum atomic E-state index is 14.4. The van der Waals surface area contributed by atoms with Gasteiger partial charge in [-0.25, -0.2) is 14.1 Å². The van der Waals surface area contributed by atoms with Crippen LogP contribution in [0, 0.1) is 5.82 Å². The second-order valence-electron chi connectivity index (χ2n) is 5.96. The van der Waals surface area contributed by atoms with Crippen molar-refractivity contribution in [1.82, 2.24) is 9.36 Å². The number of aromatic nitrogens is 2. The summed E-state index contributed by atoms with van der Waals surface area (Å²) in [6.07, 6.45) is 1.89. The molecule has 3 rings (SSSR count). The summed E-state index contributed by atoms with van der Waals surface area (Å²) in [6, 6.07) is 2.68. The molecule has 1 aromatic carbocycles. The molecule has 10 heteroatoms. The largest absolute Gasteiger partial charge is 0.465 e. The Hall–Kier alpha value is -1.58. The molecule has 0 radical (unpaired) electrons. The normalized spacial score (nSPS) is 15.5. The first-order chi connectivity index (χ1) is 12.9. The predicted octanol–water partition coefficient (Wildman–Crippen LogP) is 3.57. The SMILES string of the molecule is CCOC(=O)C(C)Sc1cc(N=c2sc(=O)n3n2CCCC3)c(F)cc1Cl. The van der Waals surface area contributed by atoms with Crippen molar-refractivity contribution in [1.29, 1.82) is 0 Å². The summed E-state index contributed by atoms with van der Waals surface area (Å²) in [4.78, 5) is 29.2. The summed E-state index contributed by atoms with van der Waals surface area (Å²) >= 11 is 8.31. The van der Waals surface area contributed by atoms with Crippen LogP contribution in [0.25, 0.3) is 0 Å². The van der Waals surface area contributed by atoms with E-state index in [1.54, 1.807) is 23.2 Å². The van der Waals surface area contributed by atoms with Crippen LogP contribution >= 0.6 is 34.7 Å². The lowest BCUT2D eigenvalue weighted by Gasteiger charge is -2.16. The van der Waals surface area contributed by atoms with E-state index in [0.29, 0.717) is 22.8 Å². The number of hydrogen-bond acceptors (Lipinski definition) is 6. The topological polar surface area (TPSA) is 65.6 Å². The molecule has 27 heavy (non-hydrogen) atoms. The lowest BCUT2D eigenvalue weighted by molar-refractivity contribution is -0.142. The van der Waals surface area contributed by atoms with Crippen molar-refractivity contribution in [2.24, 2.45) is 4.99 Å². The standard InChI is InChI=1S/C17H19ClFN3O3S2/c1-3-25-15(23)10(2)26-14-9-13(12(19)8-11(14)18)20-16-21-6-4-5-7-22(21)17(24)27-16/h8-10H,3-7H2,1-2H3. The fraction of sp³-hybridized carbons (Fsp3) is 0.471. The summed E-state index contributed by atoms with van der Waals surface area (Å²) < 4.78 is 22.8. The smallest absolute Gasteiger partial charge is 0.325 e. The molecule has 1 aliphatic heterocycles. The average molecular weight is 432 g/mol. The molecule has 1 atom stereocenters. The number of fused-ring (bicyclic) bond motifs is 1. The first kappa shape index (κ1) is 20.2. The van der Waals surface area contributed by atoms with Crippen molar-refractivity contribution in [3.63, 3.8) is 0 Å². The quantitative estimate of drug-likeness (QED) is 0.536. The second-order valence-corrected chi connectivity index (χ2v) is 8.67. The van der Waals surface area contributed by atoms with Crippen molar-refractivity contribution < 1.29 is 13.9 Å². The van der Waals surface area contributed by atoms with Crippen LogP contribution in [0.3, 0.4) is 0 Å². The van der Waals surface area contributed by atoms with E-state index in [2.05, 4.69) is 4.99 Å². The number of esters is 1. The highest BCUT2D eigenvalue weighted by atomic mass is 35.5. The molecule has 0 N–H and O–H groups in total. The summed E-state index contributed by atoms with van der Waals surface area (Å²) in [5, 5.41) is -0.291. The number of nitrogens with zero attached hydrogens (tertiary/aromatic N) is 3. The van der Waals surface area contributed by atoms with E-state index in [4.69, 9.17) is 16.3 Å². The number of rotatable bonds is 5. The van der Waals surface area contributed by atoms with E-state index in [1.165, 1.54) is 23.9 Å². The number of carbonyl (C=O) groups excluding carboxylic acids is 1. The van der Waals surface area contributed by atoms with Gasteiger partial charge < -0.3 is 4.74 Å². The molecule has 2 heterocycles. The minimum absolute atomic E-state index is 0.0840. The minimum Gasteiger partial charge on any atom is -0.465 e. The van der Waals surface area contributed by atoms with Gasteiger partial charge in [0, 0.05) is 18.0 Å². The number of halogens is 2. The van der Waals surface area contributed by atoms with Gasteiger partial charge in [0.2, 0.25) is 4.80 Å². The van der Waals surface area contributed by atoms with Gasteiger partial charge in [-0.2, -0.15) is 0 Å². The van der Waals surface area contributed by atoms with Gasteiger partial charge in [0.25, 0.3) is 0 Å². The van der Waals surface area contributed by atoms with Crippen LogP contribution in [-0.4, -0.2) is 27.2 Å². The van der Waals surface area contributed by atoms with Gasteiger partial charge in [-0.1, -0.05) is 11.6 Å². The molecule has 146 valence electrons. The van der Waals surface area contributed by atoms with Crippen molar-refractivity contribution >= 4 is 46.4 Å². The number of carbonyl (C=O) groups is 1. The summed E-state index contributed by atoms with van der Waals surface area (Å²) in [7, 11) is 0. The van der Waals surface area contributed by atoms with E-state index >= 15 is 0 Å². The Balaban J connectivity index is 1.98. The van der Waals surface area contributed by atoms with E-state index in [1.807, 2.05) is 0 Å². The fourth-order valence-electron chi connectivity index (χ4n) is 2.71. The van der Waals surface area contributed by atoms with Crippen molar-refractivity contribution in [2.45, 2.75) is 49.9 Å². The highest BCUT2D eigenvalue weighted by Crippen LogP contribution is 2.35. The van der Waals surface area contributed by atoms with Crippen molar-refractivity contribution in [3.05, 3.63) is 37.4 Å². The molecule has 0 saturated heterocycles. The van der Waals surface area contributed by atoms with E-state index in [-0.39, 0.29) is 28.2 Å². The fourth-order valence-corrected chi connectivity index (χ4v) is 4.78. The molecule has 0 spiro atoms. The molecule has 1 aliphatic rings. The zero-order valence-corrected chi connectivity index (χ0v) is 17.3. The molecule has 6 nitrogen and oxygen atoms in total. The van der Waals surface area contributed by atoms with Gasteiger partial charge in [0.15, 0.2) is 0 Å². The highest BCUT2D eigenvalue weighted by Gasteiger charge is 2.19. The zero-order valence-electron chi connectivity index (χ0n) is 14.9. The van der Waals surface area contributed by atoms with Crippen LogP contribution < -0.4 is 9.67 Å². The van der Waals surface area contributed by atoms with E-state index in [0.717, 1.165) is 24.2 Å². The van der Waals surface area contributed by atoms with Gasteiger partial charge in [-0.15, -0.1) is 11.8 Å². The summed E-state index contributed by atoms with van der Waals surface area (Å²) in [5.41, 5.74) is 0.0840. The summed E-state index contributed by atoms with van der Waals surface area (Å²) in [6.45, 7) is 5.04. The van der Waals surface area contributed by atoms with Crippen LogP contribution in [0.5, 0.6) is 0 Å². The van der Waals surface area contributed by atoms with Crippen LogP contribution in [0.15, 0.2) is 26.8 Å². The van der Waals surface area contributed by atoms with E-state index < -0.39 is 11.1 Å². The third-order valence-corrected chi connectivity index (χ3v) is 6.46. The molecule has 0 bridgehead atoms. The molecule has 1 unspecified atom stereocenters. The van der Waals surface area contributed by atoms with Gasteiger partial charge >= 0.3 is 10.8 Å². The van der Waals surface area contributed by atoms with Gasteiger partial charge in [0.05, 0.1) is 11.6 Å². The molecule has 0 saturated carbocycles. The number of hydrogen-bond donors (Lipinski definition) is 0. The number of ether oxygens (including phenoxy) is 1. The number of thioether (sulfide) groups is 1. The molecule has 2 aromatic rings. The maximum absolute atomic E-state index is 14.4. The second kappa shape index (κ2) is 8.62. The predicted molar refractivity (Wildman–Crippen MR) is 104 cm³/mol. The third-order valence-electron chi connectivity index (χ3n) is 4.03. The van der Waals surface area contributed by atoms with Gasteiger partial charge in [-0.3, -0.25) is 14.3 Å². The average Bonchev–Trinajstić information content (AvgIpc) is 2.95. The van der Waals surface area contributed by atoms with Gasteiger partial charge in [0.1, 0.15) is 16.8 Å². The van der Waals surface area contributed by atoms with Crippen LogP contribution in [-0.2, 0) is 22.6 Å². The maximum Gasteiger partial charge on any atom is 0.325 e. The lowest BCUT2D eigenvalue weighted by Crippen LogP contribution is -2.31. The Labute approximate surface area is 168 Å². The monoisotopic (exact) mass is 431 g/mol. The van der Waals surface area contributed by atoms with Gasteiger partial charge in [-0.05, 0) is 50.2 Å². The third kappa shape index (κ3) is 4.47. The van der Waals surface area contributed by atoms with Crippen LogP contribution in [0.2, 0.25) is 5.02 Å². The zero-order chi connectivity index (χ0) is 19.6. The Morgan fingerprint density at radius 1 is 1.41 bits per heavy atom. The summed E-state index contributed by atoms with van der Waals surface area (Å²) in [5.74, 6) is -0.944. The molecule has 0 aliphatic carbocycles. The molecular formula is C17H19ClFN3O3S2. The Bertz CT molecular complexity index is 983. The minimum atomic E-state index is -0.579. The Kier molecular flexibility index (Phi) is 6.44. The molecule has 0 amide bonds. The van der Waals surface area contributed by atoms with Crippen LogP contribution in [0.4, 0.5) is 10.1 Å². The van der Waals surface area contributed by atoms with E-state index in [9.17, 15) is 14.0 Å².